The average molecular weight is 315 g/mol. The van der Waals surface area contributed by atoms with Crippen molar-refractivity contribution in [3.05, 3.63) is 53.1 Å². The molecule has 0 bridgehead atoms. The third kappa shape index (κ3) is 4.28. The van der Waals surface area contributed by atoms with E-state index in [-0.39, 0.29) is 11.7 Å². The van der Waals surface area contributed by atoms with Crippen LogP contribution in [0.1, 0.15) is 37.2 Å². The number of aromatic nitrogens is 1. The Bertz CT molecular complexity index is 715. The van der Waals surface area contributed by atoms with Gasteiger partial charge < -0.3 is 4.57 Å². The predicted octanol–water partition coefficient (Wildman–Crippen LogP) is 3.73. The second kappa shape index (κ2) is 7.22. The molecule has 2 aromatic rings. The fourth-order valence-electron chi connectivity index (χ4n) is 2.50. The van der Waals surface area contributed by atoms with Crippen LogP contribution < -0.4 is 5.43 Å². The summed E-state index contributed by atoms with van der Waals surface area (Å²) in [6.07, 6.45) is 2.09. The summed E-state index contributed by atoms with van der Waals surface area (Å²) in [5, 5.41) is 4.02. The van der Waals surface area contributed by atoms with Gasteiger partial charge >= 0.3 is 0 Å². The summed E-state index contributed by atoms with van der Waals surface area (Å²) in [7, 11) is 0. The second-order valence-electron chi connectivity index (χ2n) is 6.03. The van der Waals surface area contributed by atoms with Crippen molar-refractivity contribution in [1.82, 2.24) is 9.99 Å². The van der Waals surface area contributed by atoms with Crippen LogP contribution in [0.4, 0.5) is 4.39 Å². The highest BCUT2D eigenvalue weighted by atomic mass is 19.1. The van der Waals surface area contributed by atoms with Gasteiger partial charge in [0, 0.05) is 29.1 Å². The zero-order valence-electron chi connectivity index (χ0n) is 13.9. The van der Waals surface area contributed by atoms with Crippen molar-refractivity contribution < 1.29 is 9.18 Å². The van der Waals surface area contributed by atoms with Gasteiger partial charge in [0.05, 0.1) is 6.21 Å². The molecule has 0 atom stereocenters. The first-order chi connectivity index (χ1) is 10.9. The van der Waals surface area contributed by atoms with Crippen molar-refractivity contribution in [1.29, 1.82) is 0 Å². The number of benzene rings is 1. The molecule has 0 aliphatic carbocycles. The Morgan fingerprint density at radius 3 is 2.57 bits per heavy atom. The van der Waals surface area contributed by atoms with Crippen molar-refractivity contribution in [3.63, 3.8) is 0 Å². The second-order valence-corrected chi connectivity index (χ2v) is 6.03. The maximum Gasteiger partial charge on any atom is 0.240 e. The van der Waals surface area contributed by atoms with Gasteiger partial charge in [-0.3, -0.25) is 4.79 Å². The standard InChI is InChI=1S/C18H22FN3O/c1-12(2)9-18(23)21-20-11-15-10-13(3)22(14(15)4)17-7-5-16(19)6-8-17/h5-8,10-12H,9H2,1-4H3,(H,21,23)/b20-11+. The molecule has 1 N–H and O–H groups in total. The molecule has 5 heteroatoms. The lowest BCUT2D eigenvalue weighted by Gasteiger charge is -2.09. The quantitative estimate of drug-likeness (QED) is 0.663. The molecule has 0 saturated heterocycles. The monoisotopic (exact) mass is 315 g/mol. The maximum atomic E-state index is 13.1. The Morgan fingerprint density at radius 1 is 1.30 bits per heavy atom. The van der Waals surface area contributed by atoms with Crippen LogP contribution in [0, 0.1) is 25.6 Å². The van der Waals surface area contributed by atoms with Gasteiger partial charge in [0.2, 0.25) is 5.91 Å². The number of nitrogens with zero attached hydrogens (tertiary/aromatic N) is 2. The first kappa shape index (κ1) is 16.9. The van der Waals surface area contributed by atoms with Crippen molar-refractivity contribution in [2.24, 2.45) is 11.0 Å². The number of aryl methyl sites for hydroxylation is 1. The van der Waals surface area contributed by atoms with E-state index in [9.17, 15) is 9.18 Å². The molecule has 1 aromatic heterocycles. The SMILES string of the molecule is Cc1cc(/C=N/NC(=O)CC(C)C)c(C)n1-c1ccc(F)cc1. The van der Waals surface area contributed by atoms with Crippen molar-refractivity contribution in [2.75, 3.05) is 0 Å². The van der Waals surface area contributed by atoms with Gasteiger partial charge in [-0.1, -0.05) is 13.8 Å². The number of rotatable bonds is 5. The summed E-state index contributed by atoms with van der Waals surface area (Å²) < 4.78 is 15.1. The Balaban J connectivity index is 2.17. The van der Waals surface area contributed by atoms with E-state index < -0.39 is 0 Å². The Kier molecular flexibility index (Phi) is 5.32. The highest BCUT2D eigenvalue weighted by Gasteiger charge is 2.09. The molecule has 0 saturated carbocycles. The van der Waals surface area contributed by atoms with Gasteiger partial charge in [0.15, 0.2) is 0 Å². The number of carbonyl (C=O) groups excluding carboxylic acids is 1. The molecule has 1 heterocycles. The highest BCUT2D eigenvalue weighted by Crippen LogP contribution is 2.20. The fourth-order valence-corrected chi connectivity index (χ4v) is 2.50. The highest BCUT2D eigenvalue weighted by molar-refractivity contribution is 5.84. The minimum absolute atomic E-state index is 0.0939. The van der Waals surface area contributed by atoms with Crippen molar-refractivity contribution in [3.8, 4) is 5.69 Å². The number of hydrazone groups is 1. The fraction of sp³-hybridized carbons (Fsp3) is 0.333. The molecule has 0 unspecified atom stereocenters. The van der Waals surface area contributed by atoms with Gasteiger partial charge in [-0.15, -0.1) is 0 Å². The number of halogens is 1. The smallest absolute Gasteiger partial charge is 0.240 e. The Hall–Kier alpha value is -2.43. The molecule has 1 amide bonds. The van der Waals surface area contributed by atoms with Gasteiger partial charge in [-0.05, 0) is 50.1 Å². The van der Waals surface area contributed by atoms with Crippen molar-refractivity contribution in [2.45, 2.75) is 34.1 Å². The van der Waals surface area contributed by atoms with Crippen LogP contribution in [0.5, 0.6) is 0 Å². The third-order valence-corrected chi connectivity index (χ3v) is 3.54. The van der Waals surface area contributed by atoms with Crippen LogP contribution in [0.2, 0.25) is 0 Å². The van der Waals surface area contributed by atoms with E-state index in [0.29, 0.717) is 12.3 Å². The molecule has 0 radical (unpaired) electrons. The van der Waals surface area contributed by atoms with Crippen LogP contribution in [0.3, 0.4) is 0 Å². The van der Waals surface area contributed by atoms with Crippen LogP contribution >= 0.6 is 0 Å². The van der Waals surface area contributed by atoms with Crippen molar-refractivity contribution >= 4 is 12.1 Å². The summed E-state index contributed by atoms with van der Waals surface area (Å²) in [5.41, 5.74) is 6.34. The van der Waals surface area contributed by atoms with Crippen LogP contribution in [0.15, 0.2) is 35.4 Å². The van der Waals surface area contributed by atoms with E-state index in [1.54, 1.807) is 18.3 Å². The van der Waals surface area contributed by atoms with E-state index in [1.807, 2.05) is 38.3 Å². The number of hydrogen-bond donors (Lipinski definition) is 1. The lowest BCUT2D eigenvalue weighted by Crippen LogP contribution is -2.19. The first-order valence-corrected chi connectivity index (χ1v) is 7.65. The number of carbonyl (C=O) groups is 1. The molecular formula is C18H22FN3O. The first-order valence-electron chi connectivity index (χ1n) is 7.65. The maximum absolute atomic E-state index is 13.1. The molecule has 0 aliphatic heterocycles. The predicted molar refractivity (Wildman–Crippen MR) is 90.4 cm³/mol. The third-order valence-electron chi connectivity index (χ3n) is 3.54. The lowest BCUT2D eigenvalue weighted by molar-refractivity contribution is -0.121. The topological polar surface area (TPSA) is 46.4 Å². The van der Waals surface area contributed by atoms with Crippen LogP contribution in [0.25, 0.3) is 5.69 Å². The van der Waals surface area contributed by atoms with Gasteiger partial charge in [0.1, 0.15) is 5.82 Å². The largest absolute Gasteiger partial charge is 0.318 e. The number of amides is 1. The molecule has 4 nitrogen and oxygen atoms in total. The van der Waals surface area contributed by atoms with Gasteiger partial charge in [-0.2, -0.15) is 5.10 Å². The van der Waals surface area contributed by atoms with E-state index in [2.05, 4.69) is 10.5 Å². The summed E-state index contributed by atoms with van der Waals surface area (Å²) in [4.78, 5) is 11.6. The summed E-state index contributed by atoms with van der Waals surface area (Å²) >= 11 is 0. The van der Waals surface area contributed by atoms with E-state index in [0.717, 1.165) is 22.6 Å². The minimum atomic E-state index is -0.258. The van der Waals surface area contributed by atoms with Gasteiger partial charge in [-0.25, -0.2) is 9.82 Å². The Morgan fingerprint density at radius 2 is 1.96 bits per heavy atom. The molecule has 1 aromatic carbocycles. The average Bonchev–Trinajstić information content (AvgIpc) is 2.74. The van der Waals surface area contributed by atoms with E-state index in [4.69, 9.17) is 0 Å². The normalized spacial score (nSPS) is 11.4. The Labute approximate surface area is 136 Å². The van der Waals surface area contributed by atoms with E-state index >= 15 is 0 Å². The summed E-state index contributed by atoms with van der Waals surface area (Å²) in [5.74, 6) is -0.0526. The summed E-state index contributed by atoms with van der Waals surface area (Å²) in [6, 6.07) is 8.33. The minimum Gasteiger partial charge on any atom is -0.318 e. The molecule has 23 heavy (non-hydrogen) atoms. The molecule has 0 fully saturated rings. The molecular weight excluding hydrogens is 293 g/mol. The zero-order chi connectivity index (χ0) is 17.0. The van der Waals surface area contributed by atoms with Crippen LogP contribution in [-0.4, -0.2) is 16.7 Å². The summed E-state index contributed by atoms with van der Waals surface area (Å²) in [6.45, 7) is 7.91. The lowest BCUT2D eigenvalue weighted by atomic mass is 10.1. The van der Waals surface area contributed by atoms with E-state index in [1.165, 1.54) is 12.1 Å². The van der Waals surface area contributed by atoms with Gasteiger partial charge in [0.25, 0.3) is 0 Å². The van der Waals surface area contributed by atoms with Crippen LogP contribution in [-0.2, 0) is 4.79 Å². The molecule has 2 rings (SSSR count). The molecule has 0 spiro atoms. The zero-order valence-corrected chi connectivity index (χ0v) is 13.9. The number of nitrogens with one attached hydrogen (secondary N) is 1. The molecule has 122 valence electrons. The molecule has 0 aliphatic rings. The number of hydrogen-bond acceptors (Lipinski definition) is 2.